The predicted molar refractivity (Wildman–Crippen MR) is 76.6 cm³/mol. The Hall–Kier alpha value is -1.37. The molecule has 0 saturated heterocycles. The molecule has 0 aliphatic rings. The lowest BCUT2D eigenvalue weighted by molar-refractivity contribution is -0.384. The molecule has 1 rings (SSSR count). The number of aryl methyl sites for hydroxylation is 1. The number of nitrogens with one attached hydrogen (secondary N) is 1. The van der Waals surface area contributed by atoms with Crippen molar-refractivity contribution in [2.45, 2.75) is 26.3 Å². The van der Waals surface area contributed by atoms with Gasteiger partial charge in [0.2, 0.25) is 0 Å². The summed E-state index contributed by atoms with van der Waals surface area (Å²) in [6.07, 6.45) is 2.18. The monoisotopic (exact) mass is 331 g/mol. The van der Waals surface area contributed by atoms with Crippen LogP contribution in [0.3, 0.4) is 0 Å². The molecule has 0 bridgehead atoms. The number of carbonyl (C=O) groups excluding carboxylic acids is 1. The zero-order valence-electron chi connectivity index (χ0n) is 11.2. The van der Waals surface area contributed by atoms with Crippen molar-refractivity contribution in [2.24, 2.45) is 13.0 Å². The van der Waals surface area contributed by atoms with E-state index in [1.165, 1.54) is 16.8 Å². The molecule has 0 saturated carbocycles. The number of nitro groups is 1. The van der Waals surface area contributed by atoms with E-state index in [4.69, 9.17) is 0 Å². The number of aromatic nitrogens is 1. The molecule has 1 amide bonds. The van der Waals surface area contributed by atoms with E-state index in [0.29, 0.717) is 16.9 Å². The van der Waals surface area contributed by atoms with Crippen LogP contribution in [0.5, 0.6) is 0 Å². The molecule has 0 fully saturated rings. The molecule has 7 heteroatoms. The van der Waals surface area contributed by atoms with E-state index >= 15 is 0 Å². The molecule has 1 atom stereocenters. The van der Waals surface area contributed by atoms with Gasteiger partial charge >= 0.3 is 0 Å². The standard InChI is InChI=1S/C12H18BrN3O3/c1-8(2)4-9(6-13)14-12(17)11-5-10(16(18)19)7-15(11)3/h5,7-9H,4,6H2,1-3H3,(H,14,17). The Bertz CT molecular complexity index is 471. The van der Waals surface area contributed by atoms with Crippen LogP contribution in [-0.4, -0.2) is 26.8 Å². The third-order valence-corrected chi connectivity index (χ3v) is 3.49. The highest BCUT2D eigenvalue weighted by molar-refractivity contribution is 9.09. The first-order valence-corrected chi connectivity index (χ1v) is 7.14. The van der Waals surface area contributed by atoms with E-state index < -0.39 is 4.92 Å². The zero-order valence-corrected chi connectivity index (χ0v) is 12.8. The minimum absolute atomic E-state index is 0.0152. The fourth-order valence-electron chi connectivity index (χ4n) is 1.86. The molecule has 1 unspecified atom stereocenters. The Morgan fingerprint density at radius 1 is 1.58 bits per heavy atom. The van der Waals surface area contributed by atoms with Crippen LogP contribution in [0.25, 0.3) is 0 Å². The number of halogens is 1. The van der Waals surface area contributed by atoms with Crippen molar-refractivity contribution in [3.63, 3.8) is 0 Å². The van der Waals surface area contributed by atoms with Crippen LogP contribution in [0.4, 0.5) is 5.69 Å². The SMILES string of the molecule is CC(C)CC(CBr)NC(=O)c1cc([N+](=O)[O-])cn1C. The summed E-state index contributed by atoms with van der Waals surface area (Å²) < 4.78 is 1.47. The molecule has 0 aromatic carbocycles. The summed E-state index contributed by atoms with van der Waals surface area (Å²) in [7, 11) is 1.62. The Morgan fingerprint density at radius 3 is 2.63 bits per heavy atom. The lowest BCUT2D eigenvalue weighted by Crippen LogP contribution is -2.37. The third kappa shape index (κ3) is 4.34. The van der Waals surface area contributed by atoms with E-state index in [0.717, 1.165) is 6.42 Å². The summed E-state index contributed by atoms with van der Waals surface area (Å²) in [5, 5.41) is 14.2. The summed E-state index contributed by atoms with van der Waals surface area (Å²) in [5.74, 6) is 0.172. The normalized spacial score (nSPS) is 12.5. The van der Waals surface area contributed by atoms with E-state index in [2.05, 4.69) is 35.1 Å². The molecule has 0 aliphatic heterocycles. The molecule has 0 radical (unpaired) electrons. The van der Waals surface area contributed by atoms with Crippen LogP contribution in [0.2, 0.25) is 0 Å². The van der Waals surface area contributed by atoms with Crippen LogP contribution in [0.15, 0.2) is 12.3 Å². The van der Waals surface area contributed by atoms with Crippen molar-refractivity contribution in [2.75, 3.05) is 5.33 Å². The first-order valence-electron chi connectivity index (χ1n) is 6.02. The smallest absolute Gasteiger partial charge is 0.287 e. The van der Waals surface area contributed by atoms with Crippen LogP contribution in [-0.2, 0) is 7.05 Å². The molecule has 1 N–H and O–H groups in total. The van der Waals surface area contributed by atoms with Crippen LogP contribution < -0.4 is 5.32 Å². The topological polar surface area (TPSA) is 77.2 Å². The van der Waals surface area contributed by atoms with Crippen molar-refractivity contribution < 1.29 is 9.72 Å². The van der Waals surface area contributed by atoms with E-state index in [1.54, 1.807) is 7.05 Å². The Morgan fingerprint density at radius 2 is 2.21 bits per heavy atom. The highest BCUT2D eigenvalue weighted by atomic mass is 79.9. The van der Waals surface area contributed by atoms with Gasteiger partial charge in [-0.2, -0.15) is 0 Å². The number of rotatable bonds is 6. The van der Waals surface area contributed by atoms with Gasteiger partial charge in [0.05, 0.1) is 11.1 Å². The molecular formula is C12H18BrN3O3. The highest BCUT2D eigenvalue weighted by Gasteiger charge is 2.20. The Labute approximate surface area is 120 Å². The molecule has 0 spiro atoms. The minimum atomic E-state index is -0.507. The highest BCUT2D eigenvalue weighted by Crippen LogP contribution is 2.16. The molecule has 6 nitrogen and oxygen atoms in total. The van der Waals surface area contributed by atoms with Crippen molar-refractivity contribution in [3.8, 4) is 0 Å². The summed E-state index contributed by atoms with van der Waals surface area (Å²) in [5.41, 5.74) is 0.216. The van der Waals surface area contributed by atoms with Crippen molar-refractivity contribution in [3.05, 3.63) is 28.1 Å². The van der Waals surface area contributed by atoms with Crippen LogP contribution >= 0.6 is 15.9 Å². The van der Waals surface area contributed by atoms with Gasteiger partial charge in [0.15, 0.2) is 0 Å². The summed E-state index contributed by atoms with van der Waals surface area (Å²) >= 11 is 3.36. The van der Waals surface area contributed by atoms with Gasteiger partial charge in [-0.05, 0) is 12.3 Å². The molecular weight excluding hydrogens is 314 g/mol. The second-order valence-electron chi connectivity index (χ2n) is 4.91. The maximum atomic E-state index is 12.1. The second-order valence-corrected chi connectivity index (χ2v) is 5.55. The number of nitrogens with zero attached hydrogens (tertiary/aromatic N) is 2. The van der Waals surface area contributed by atoms with Gasteiger partial charge < -0.3 is 9.88 Å². The Balaban J connectivity index is 2.79. The number of carbonyl (C=O) groups is 1. The molecule has 106 valence electrons. The molecule has 1 aromatic heterocycles. The number of hydrogen-bond donors (Lipinski definition) is 1. The zero-order chi connectivity index (χ0) is 14.6. The Kier molecular flexibility index (Phi) is 5.53. The van der Waals surface area contributed by atoms with Crippen molar-refractivity contribution in [1.82, 2.24) is 9.88 Å². The van der Waals surface area contributed by atoms with Gasteiger partial charge in [-0.15, -0.1) is 0 Å². The number of alkyl halides is 1. The lowest BCUT2D eigenvalue weighted by atomic mass is 10.1. The van der Waals surface area contributed by atoms with Crippen LogP contribution in [0, 0.1) is 16.0 Å². The average molecular weight is 332 g/mol. The molecule has 19 heavy (non-hydrogen) atoms. The van der Waals surface area contributed by atoms with Gasteiger partial charge in [-0.1, -0.05) is 29.8 Å². The minimum Gasteiger partial charge on any atom is -0.347 e. The number of hydrogen-bond acceptors (Lipinski definition) is 3. The number of amides is 1. The van der Waals surface area contributed by atoms with E-state index in [1.807, 2.05) is 0 Å². The van der Waals surface area contributed by atoms with Crippen LogP contribution in [0.1, 0.15) is 30.8 Å². The largest absolute Gasteiger partial charge is 0.347 e. The maximum Gasteiger partial charge on any atom is 0.287 e. The quantitative estimate of drug-likeness (QED) is 0.494. The van der Waals surface area contributed by atoms with Crippen molar-refractivity contribution >= 4 is 27.5 Å². The first kappa shape index (κ1) is 15.7. The molecule has 1 heterocycles. The van der Waals surface area contributed by atoms with Gasteiger partial charge in [0, 0.05) is 24.5 Å². The van der Waals surface area contributed by atoms with Gasteiger partial charge in [-0.3, -0.25) is 14.9 Å². The first-order chi connectivity index (χ1) is 8.85. The maximum absolute atomic E-state index is 12.1. The van der Waals surface area contributed by atoms with Gasteiger partial charge in [0.25, 0.3) is 11.6 Å². The van der Waals surface area contributed by atoms with E-state index in [9.17, 15) is 14.9 Å². The summed E-state index contributed by atoms with van der Waals surface area (Å²) in [6.45, 7) is 4.16. The fraction of sp³-hybridized carbons (Fsp3) is 0.583. The second kappa shape index (κ2) is 6.70. The van der Waals surface area contributed by atoms with Gasteiger partial charge in [0.1, 0.15) is 5.69 Å². The fourth-order valence-corrected chi connectivity index (χ4v) is 2.29. The lowest BCUT2D eigenvalue weighted by Gasteiger charge is -2.18. The summed E-state index contributed by atoms with van der Waals surface area (Å²) in [4.78, 5) is 22.2. The average Bonchev–Trinajstić information content (AvgIpc) is 2.70. The van der Waals surface area contributed by atoms with E-state index in [-0.39, 0.29) is 17.6 Å². The van der Waals surface area contributed by atoms with Gasteiger partial charge in [-0.25, -0.2) is 0 Å². The summed E-state index contributed by atoms with van der Waals surface area (Å²) in [6, 6.07) is 1.30. The molecule has 0 aliphatic carbocycles. The third-order valence-electron chi connectivity index (χ3n) is 2.71. The predicted octanol–water partition coefficient (Wildman–Crippen LogP) is 2.47. The molecule has 1 aromatic rings. The van der Waals surface area contributed by atoms with Crippen molar-refractivity contribution in [1.29, 1.82) is 0 Å².